The monoisotopic (exact) mass is 312 g/mol. The lowest BCUT2D eigenvalue weighted by atomic mass is 10.2. The van der Waals surface area contributed by atoms with Crippen molar-refractivity contribution in [3.05, 3.63) is 33.8 Å². The van der Waals surface area contributed by atoms with Gasteiger partial charge in [0.1, 0.15) is 0 Å². The lowest BCUT2D eigenvalue weighted by Crippen LogP contribution is -2.06. The Morgan fingerprint density at radius 3 is 2.28 bits per heavy atom. The Morgan fingerprint density at radius 2 is 1.83 bits per heavy atom. The molecule has 0 aliphatic heterocycles. The first-order valence-electron chi connectivity index (χ1n) is 5.46. The third kappa shape index (κ3) is 3.70. The van der Waals surface area contributed by atoms with Crippen LogP contribution >= 0.6 is 30.8 Å². The zero-order valence-electron chi connectivity index (χ0n) is 10.1. The van der Waals surface area contributed by atoms with Crippen molar-refractivity contribution in [1.82, 2.24) is 0 Å². The fraction of sp³-hybridized carbons (Fsp3) is 0.455. The third-order valence-electron chi connectivity index (χ3n) is 2.16. The molecule has 0 spiro atoms. The van der Waals surface area contributed by atoms with Crippen molar-refractivity contribution in [3.8, 4) is 0 Å². The standard InChI is InChI=1S/C11H15Cl2O4P/c1-3-16-18(15,17-4-2)11(14)9-6-5-8(12)7-10(9)13/h5-7,11,14H,3-4H2,1-2H3/t11-/m1/s1. The maximum Gasteiger partial charge on any atom is 0.363 e. The number of halogens is 2. The molecule has 0 aliphatic carbocycles. The SMILES string of the molecule is CCOP(=O)(OCC)[C@@H](O)c1ccc(Cl)cc1Cl. The summed E-state index contributed by atoms with van der Waals surface area (Å²) in [7, 11) is -3.65. The number of aliphatic hydroxyl groups is 1. The molecule has 0 saturated heterocycles. The molecule has 102 valence electrons. The van der Waals surface area contributed by atoms with Crippen molar-refractivity contribution in [2.45, 2.75) is 19.7 Å². The van der Waals surface area contributed by atoms with Crippen molar-refractivity contribution < 1.29 is 18.7 Å². The fourth-order valence-corrected chi connectivity index (χ4v) is 3.65. The van der Waals surface area contributed by atoms with Crippen LogP contribution in [0.4, 0.5) is 0 Å². The normalized spacial score (nSPS) is 13.6. The predicted octanol–water partition coefficient (Wildman–Crippen LogP) is 4.25. The number of rotatable bonds is 6. The third-order valence-corrected chi connectivity index (χ3v) is 4.83. The molecule has 0 fully saturated rings. The highest BCUT2D eigenvalue weighted by Crippen LogP contribution is 2.60. The summed E-state index contributed by atoms with van der Waals surface area (Å²) in [5.74, 6) is -1.43. The van der Waals surface area contributed by atoms with Gasteiger partial charge in [-0.1, -0.05) is 29.3 Å². The van der Waals surface area contributed by atoms with Crippen LogP contribution in [0.25, 0.3) is 0 Å². The zero-order valence-corrected chi connectivity index (χ0v) is 12.5. The van der Waals surface area contributed by atoms with E-state index in [1.807, 2.05) is 0 Å². The average Bonchev–Trinajstić information content (AvgIpc) is 2.29. The van der Waals surface area contributed by atoms with Crippen molar-refractivity contribution in [2.75, 3.05) is 13.2 Å². The van der Waals surface area contributed by atoms with Crippen LogP contribution in [-0.2, 0) is 13.6 Å². The minimum atomic E-state index is -3.65. The van der Waals surface area contributed by atoms with Gasteiger partial charge in [-0.25, -0.2) is 0 Å². The Labute approximate surface area is 116 Å². The fourth-order valence-electron chi connectivity index (χ4n) is 1.42. The molecule has 18 heavy (non-hydrogen) atoms. The molecular formula is C11H15Cl2O4P. The number of hydrogen-bond donors (Lipinski definition) is 1. The molecule has 0 unspecified atom stereocenters. The Bertz CT molecular complexity index is 443. The van der Waals surface area contributed by atoms with E-state index in [1.54, 1.807) is 19.9 Å². The topological polar surface area (TPSA) is 55.8 Å². The molecule has 1 atom stereocenters. The van der Waals surface area contributed by atoms with Crippen LogP contribution in [0.3, 0.4) is 0 Å². The molecule has 1 N–H and O–H groups in total. The van der Waals surface area contributed by atoms with Crippen LogP contribution < -0.4 is 0 Å². The molecule has 0 heterocycles. The van der Waals surface area contributed by atoms with E-state index in [0.29, 0.717) is 5.02 Å². The maximum atomic E-state index is 12.4. The minimum Gasteiger partial charge on any atom is -0.376 e. The van der Waals surface area contributed by atoms with E-state index in [9.17, 15) is 9.67 Å². The van der Waals surface area contributed by atoms with Gasteiger partial charge in [0, 0.05) is 15.6 Å². The largest absolute Gasteiger partial charge is 0.376 e. The first kappa shape index (κ1) is 16.0. The lowest BCUT2D eigenvalue weighted by molar-refractivity contribution is 0.150. The molecule has 0 aromatic heterocycles. The molecule has 7 heteroatoms. The Hall–Kier alpha value is -0.0900. The number of benzene rings is 1. The number of aliphatic hydroxyl groups excluding tert-OH is 1. The van der Waals surface area contributed by atoms with Crippen LogP contribution in [0, 0.1) is 0 Å². The van der Waals surface area contributed by atoms with E-state index in [1.165, 1.54) is 12.1 Å². The van der Waals surface area contributed by atoms with Gasteiger partial charge in [0.2, 0.25) is 0 Å². The summed E-state index contributed by atoms with van der Waals surface area (Å²) in [6, 6.07) is 4.51. The highest BCUT2D eigenvalue weighted by molar-refractivity contribution is 7.54. The highest BCUT2D eigenvalue weighted by atomic mass is 35.5. The van der Waals surface area contributed by atoms with Gasteiger partial charge in [0.25, 0.3) is 0 Å². The van der Waals surface area contributed by atoms with Crippen molar-refractivity contribution in [2.24, 2.45) is 0 Å². The second-order valence-corrected chi connectivity index (χ2v) is 6.34. The van der Waals surface area contributed by atoms with Crippen molar-refractivity contribution >= 4 is 30.8 Å². The molecule has 1 aromatic carbocycles. The molecule has 0 bridgehead atoms. The molecule has 0 saturated carbocycles. The smallest absolute Gasteiger partial charge is 0.363 e. The summed E-state index contributed by atoms with van der Waals surface area (Å²) in [4.78, 5) is 0. The van der Waals surface area contributed by atoms with Gasteiger partial charge in [0.05, 0.1) is 13.2 Å². The zero-order chi connectivity index (χ0) is 13.8. The summed E-state index contributed by atoms with van der Waals surface area (Å²) in [6.07, 6.45) is 0. The Balaban J connectivity index is 3.09. The van der Waals surface area contributed by atoms with Crippen molar-refractivity contribution in [3.63, 3.8) is 0 Å². The molecule has 4 nitrogen and oxygen atoms in total. The van der Waals surface area contributed by atoms with E-state index < -0.39 is 13.4 Å². The quantitative estimate of drug-likeness (QED) is 0.798. The Kier molecular flexibility index (Phi) is 6.12. The van der Waals surface area contributed by atoms with Gasteiger partial charge in [-0.05, 0) is 26.0 Å². The van der Waals surface area contributed by atoms with E-state index in [-0.39, 0.29) is 23.8 Å². The van der Waals surface area contributed by atoms with E-state index in [4.69, 9.17) is 32.2 Å². The molecule has 0 radical (unpaired) electrons. The molecule has 0 aliphatic rings. The van der Waals surface area contributed by atoms with Crippen molar-refractivity contribution in [1.29, 1.82) is 0 Å². The molecular weight excluding hydrogens is 298 g/mol. The van der Waals surface area contributed by atoms with Gasteiger partial charge in [-0.2, -0.15) is 0 Å². The molecule has 1 aromatic rings. The molecule has 0 amide bonds. The average molecular weight is 313 g/mol. The van der Waals surface area contributed by atoms with Crippen LogP contribution in [-0.4, -0.2) is 18.3 Å². The second kappa shape index (κ2) is 6.90. The van der Waals surface area contributed by atoms with Gasteiger partial charge in [0.15, 0.2) is 5.85 Å². The summed E-state index contributed by atoms with van der Waals surface area (Å²) < 4.78 is 22.5. The summed E-state index contributed by atoms with van der Waals surface area (Å²) in [5, 5.41) is 10.8. The van der Waals surface area contributed by atoms with E-state index in [0.717, 1.165) is 0 Å². The second-order valence-electron chi connectivity index (χ2n) is 3.41. The summed E-state index contributed by atoms with van der Waals surface area (Å²) >= 11 is 11.7. The first-order chi connectivity index (χ1) is 8.44. The van der Waals surface area contributed by atoms with Gasteiger partial charge >= 0.3 is 7.60 Å². The van der Waals surface area contributed by atoms with Gasteiger partial charge < -0.3 is 14.2 Å². The predicted molar refractivity (Wildman–Crippen MR) is 72.3 cm³/mol. The van der Waals surface area contributed by atoms with Crippen LogP contribution in [0.1, 0.15) is 25.3 Å². The van der Waals surface area contributed by atoms with Gasteiger partial charge in [-0.3, -0.25) is 4.57 Å². The van der Waals surface area contributed by atoms with Crippen LogP contribution in [0.15, 0.2) is 18.2 Å². The summed E-state index contributed by atoms with van der Waals surface area (Å²) in [5.41, 5.74) is 0.270. The minimum absolute atomic E-state index is 0.166. The lowest BCUT2D eigenvalue weighted by Gasteiger charge is -2.23. The van der Waals surface area contributed by atoms with Crippen LogP contribution in [0.5, 0.6) is 0 Å². The number of hydrogen-bond acceptors (Lipinski definition) is 4. The maximum absolute atomic E-state index is 12.4. The molecule has 1 rings (SSSR count). The van der Waals surface area contributed by atoms with Crippen LogP contribution in [0.2, 0.25) is 10.0 Å². The summed E-state index contributed by atoms with van der Waals surface area (Å²) in [6.45, 7) is 3.67. The Morgan fingerprint density at radius 1 is 1.28 bits per heavy atom. The van der Waals surface area contributed by atoms with Gasteiger partial charge in [-0.15, -0.1) is 0 Å². The highest BCUT2D eigenvalue weighted by Gasteiger charge is 2.36. The van der Waals surface area contributed by atoms with E-state index >= 15 is 0 Å². The van der Waals surface area contributed by atoms with E-state index in [2.05, 4.69) is 0 Å². The first-order valence-corrected chi connectivity index (χ1v) is 7.83.